The first-order valence-corrected chi connectivity index (χ1v) is 7.20. The van der Waals surface area contributed by atoms with Gasteiger partial charge >= 0.3 is 0 Å². The monoisotopic (exact) mass is 268 g/mol. The van der Waals surface area contributed by atoms with Crippen molar-refractivity contribution in [3.8, 4) is 5.75 Å². The molecule has 1 aromatic carbocycles. The molecule has 1 unspecified atom stereocenters. The third kappa shape index (κ3) is 4.18. The highest BCUT2D eigenvalue weighted by Crippen LogP contribution is 2.27. The van der Waals surface area contributed by atoms with Crippen molar-refractivity contribution in [2.45, 2.75) is 44.6 Å². The lowest BCUT2D eigenvalue weighted by Crippen LogP contribution is -2.24. The van der Waals surface area contributed by atoms with E-state index in [0.717, 1.165) is 5.75 Å². The Bertz CT molecular complexity index is 361. The molecule has 0 heterocycles. The van der Waals surface area contributed by atoms with Gasteiger partial charge in [-0.05, 0) is 37.0 Å². The molecule has 1 atom stereocenters. The number of ether oxygens (including phenoxy) is 1. The van der Waals surface area contributed by atoms with Gasteiger partial charge < -0.3 is 9.84 Å². The van der Waals surface area contributed by atoms with Crippen molar-refractivity contribution in [2.24, 2.45) is 5.92 Å². The molecule has 1 fully saturated rings. The Morgan fingerprint density at radius 3 is 2.78 bits per heavy atom. The van der Waals surface area contributed by atoms with Crippen LogP contribution >= 0.6 is 11.6 Å². The summed E-state index contributed by atoms with van der Waals surface area (Å²) >= 11 is 5.88. The van der Waals surface area contributed by atoms with Crippen LogP contribution in [0.15, 0.2) is 24.3 Å². The van der Waals surface area contributed by atoms with Crippen molar-refractivity contribution in [3.63, 3.8) is 0 Å². The quantitative estimate of drug-likeness (QED) is 0.873. The molecule has 2 nitrogen and oxygen atoms in total. The SMILES string of the molecule is OC(CCOc1cccc(Cl)c1)C1CCCCC1. The van der Waals surface area contributed by atoms with Crippen LogP contribution in [0.2, 0.25) is 5.02 Å². The van der Waals surface area contributed by atoms with Crippen LogP contribution in [0.25, 0.3) is 0 Å². The van der Waals surface area contributed by atoms with Gasteiger partial charge in [-0.15, -0.1) is 0 Å². The molecule has 3 heteroatoms. The van der Waals surface area contributed by atoms with Gasteiger partial charge in [0.05, 0.1) is 12.7 Å². The van der Waals surface area contributed by atoms with Crippen molar-refractivity contribution in [3.05, 3.63) is 29.3 Å². The first kappa shape index (κ1) is 13.7. The van der Waals surface area contributed by atoms with Gasteiger partial charge in [-0.2, -0.15) is 0 Å². The molecule has 100 valence electrons. The number of hydrogen-bond donors (Lipinski definition) is 1. The zero-order chi connectivity index (χ0) is 12.8. The Hall–Kier alpha value is -0.730. The van der Waals surface area contributed by atoms with E-state index in [9.17, 15) is 5.11 Å². The average Bonchev–Trinajstić information content (AvgIpc) is 2.40. The molecule has 1 saturated carbocycles. The molecular formula is C15H21ClO2. The molecule has 2 rings (SSSR count). The van der Waals surface area contributed by atoms with Gasteiger partial charge in [0.15, 0.2) is 0 Å². The lowest BCUT2D eigenvalue weighted by molar-refractivity contribution is 0.0641. The van der Waals surface area contributed by atoms with Crippen LogP contribution in [0, 0.1) is 5.92 Å². The highest BCUT2D eigenvalue weighted by molar-refractivity contribution is 6.30. The number of halogens is 1. The molecule has 0 bridgehead atoms. The summed E-state index contributed by atoms with van der Waals surface area (Å²) in [5.74, 6) is 1.25. The topological polar surface area (TPSA) is 29.5 Å². The first-order valence-electron chi connectivity index (χ1n) is 6.82. The summed E-state index contributed by atoms with van der Waals surface area (Å²) < 4.78 is 5.60. The lowest BCUT2D eigenvalue weighted by atomic mass is 9.84. The molecule has 1 aliphatic carbocycles. The van der Waals surface area contributed by atoms with Gasteiger partial charge in [0.25, 0.3) is 0 Å². The van der Waals surface area contributed by atoms with E-state index in [4.69, 9.17) is 16.3 Å². The Labute approximate surface area is 114 Å². The number of aliphatic hydroxyl groups excluding tert-OH is 1. The van der Waals surface area contributed by atoms with E-state index in [0.29, 0.717) is 24.0 Å². The van der Waals surface area contributed by atoms with Gasteiger partial charge in [0.1, 0.15) is 5.75 Å². The Morgan fingerprint density at radius 2 is 2.06 bits per heavy atom. The van der Waals surface area contributed by atoms with Crippen molar-refractivity contribution < 1.29 is 9.84 Å². The molecule has 1 aromatic rings. The van der Waals surface area contributed by atoms with Crippen LogP contribution in [0.5, 0.6) is 5.75 Å². The molecule has 0 radical (unpaired) electrons. The van der Waals surface area contributed by atoms with Crippen LogP contribution in [-0.2, 0) is 0 Å². The predicted molar refractivity (Wildman–Crippen MR) is 74.1 cm³/mol. The predicted octanol–water partition coefficient (Wildman–Crippen LogP) is 4.05. The third-order valence-electron chi connectivity index (χ3n) is 3.67. The minimum absolute atomic E-state index is 0.218. The highest BCUT2D eigenvalue weighted by atomic mass is 35.5. The summed E-state index contributed by atoms with van der Waals surface area (Å²) in [4.78, 5) is 0. The maximum atomic E-state index is 10.1. The summed E-state index contributed by atoms with van der Waals surface area (Å²) in [5, 5.41) is 10.8. The summed E-state index contributed by atoms with van der Waals surface area (Å²) in [6.07, 6.45) is 6.66. The Balaban J connectivity index is 1.71. The maximum absolute atomic E-state index is 10.1. The molecular weight excluding hydrogens is 248 g/mol. The van der Waals surface area contributed by atoms with Gasteiger partial charge in [0.2, 0.25) is 0 Å². The fourth-order valence-corrected chi connectivity index (χ4v) is 2.79. The largest absolute Gasteiger partial charge is 0.493 e. The first-order chi connectivity index (χ1) is 8.75. The van der Waals surface area contributed by atoms with Crippen molar-refractivity contribution >= 4 is 11.6 Å². The fraction of sp³-hybridized carbons (Fsp3) is 0.600. The summed E-state index contributed by atoms with van der Waals surface area (Å²) in [6.45, 7) is 0.554. The molecule has 0 aliphatic heterocycles. The van der Waals surface area contributed by atoms with Crippen molar-refractivity contribution in [2.75, 3.05) is 6.61 Å². The zero-order valence-electron chi connectivity index (χ0n) is 10.6. The van der Waals surface area contributed by atoms with Crippen LogP contribution in [0.1, 0.15) is 38.5 Å². The molecule has 0 spiro atoms. The smallest absolute Gasteiger partial charge is 0.120 e. The number of hydrogen-bond acceptors (Lipinski definition) is 2. The van der Waals surface area contributed by atoms with Crippen LogP contribution in [0.3, 0.4) is 0 Å². The zero-order valence-corrected chi connectivity index (χ0v) is 11.4. The van der Waals surface area contributed by atoms with Crippen molar-refractivity contribution in [1.82, 2.24) is 0 Å². The standard InChI is InChI=1S/C15H21ClO2/c16-13-7-4-8-14(11-13)18-10-9-15(17)12-5-2-1-3-6-12/h4,7-8,11-12,15,17H,1-3,5-6,9-10H2. The molecule has 0 amide bonds. The van der Waals surface area contributed by atoms with E-state index in [-0.39, 0.29) is 6.10 Å². The van der Waals surface area contributed by atoms with E-state index >= 15 is 0 Å². The van der Waals surface area contributed by atoms with E-state index in [2.05, 4.69) is 0 Å². The van der Waals surface area contributed by atoms with E-state index in [1.165, 1.54) is 32.1 Å². The lowest BCUT2D eigenvalue weighted by Gasteiger charge is -2.26. The Morgan fingerprint density at radius 1 is 1.28 bits per heavy atom. The summed E-state index contributed by atoms with van der Waals surface area (Å²) in [5.41, 5.74) is 0. The van der Waals surface area contributed by atoms with Crippen LogP contribution in [0.4, 0.5) is 0 Å². The van der Waals surface area contributed by atoms with E-state index < -0.39 is 0 Å². The number of aliphatic hydroxyl groups is 1. The minimum Gasteiger partial charge on any atom is -0.493 e. The van der Waals surface area contributed by atoms with Crippen LogP contribution in [-0.4, -0.2) is 17.8 Å². The van der Waals surface area contributed by atoms with Gasteiger partial charge in [-0.25, -0.2) is 0 Å². The second-order valence-corrected chi connectivity index (χ2v) is 5.50. The maximum Gasteiger partial charge on any atom is 0.120 e. The normalized spacial score (nSPS) is 18.6. The van der Waals surface area contributed by atoms with E-state index in [1.807, 2.05) is 18.2 Å². The molecule has 0 aromatic heterocycles. The fourth-order valence-electron chi connectivity index (χ4n) is 2.61. The summed E-state index contributed by atoms with van der Waals surface area (Å²) in [6, 6.07) is 7.38. The molecule has 0 saturated heterocycles. The van der Waals surface area contributed by atoms with E-state index in [1.54, 1.807) is 6.07 Å². The molecule has 18 heavy (non-hydrogen) atoms. The van der Waals surface area contributed by atoms with Gasteiger partial charge in [-0.3, -0.25) is 0 Å². The number of benzene rings is 1. The van der Waals surface area contributed by atoms with Gasteiger partial charge in [-0.1, -0.05) is 36.9 Å². The van der Waals surface area contributed by atoms with Crippen molar-refractivity contribution in [1.29, 1.82) is 0 Å². The number of rotatable bonds is 5. The van der Waals surface area contributed by atoms with Gasteiger partial charge in [0, 0.05) is 11.4 Å². The average molecular weight is 269 g/mol. The molecule has 1 aliphatic rings. The summed E-state index contributed by atoms with van der Waals surface area (Å²) in [7, 11) is 0. The Kier molecular flexibility index (Phi) is 5.33. The third-order valence-corrected chi connectivity index (χ3v) is 3.91. The molecule has 1 N–H and O–H groups in total. The van der Waals surface area contributed by atoms with Crippen LogP contribution < -0.4 is 4.74 Å². The second-order valence-electron chi connectivity index (χ2n) is 5.06. The second kappa shape index (κ2) is 7.01. The highest BCUT2D eigenvalue weighted by Gasteiger charge is 2.21. The minimum atomic E-state index is -0.218.